The van der Waals surface area contributed by atoms with Gasteiger partial charge in [-0.1, -0.05) is 66.2 Å². The van der Waals surface area contributed by atoms with E-state index in [0.29, 0.717) is 19.6 Å². The summed E-state index contributed by atoms with van der Waals surface area (Å²) in [5.41, 5.74) is 5.43. The van der Waals surface area contributed by atoms with Crippen LogP contribution in [0.2, 0.25) is 0 Å². The Hall–Kier alpha value is -3.87. The first kappa shape index (κ1) is 27.2. The molecule has 198 valence electrons. The smallest absolute Gasteiger partial charge is 0.250 e. The molecule has 0 radical (unpaired) electrons. The molecular weight excluding hydrogens is 476 g/mol. The molecule has 0 fully saturated rings. The molecule has 2 unspecified atom stereocenters. The van der Waals surface area contributed by atoms with Crippen LogP contribution in [-0.4, -0.2) is 41.5 Å². The van der Waals surface area contributed by atoms with E-state index in [1.807, 2.05) is 61.5 Å². The number of aromatic nitrogens is 1. The van der Waals surface area contributed by atoms with Crippen LogP contribution in [-0.2, 0) is 22.5 Å². The van der Waals surface area contributed by atoms with Crippen molar-refractivity contribution in [1.82, 2.24) is 9.88 Å². The van der Waals surface area contributed by atoms with Crippen molar-refractivity contribution in [2.45, 2.75) is 39.0 Å². The number of hydrogen-bond donors (Lipinski definition) is 2. The standard InChI is InChI=1S/C32H36N2O4/c1-3-37-31(32(36)33-29(23-35)26-10-5-4-6-11-26)22-25-14-16-28(17-15-25)38-20-19-34-18-8-13-30(34)27-12-7-9-24(2)21-27/h4-18,21,29,31,35H,3,19-20,22-23H2,1-2H3,(H,33,36). The number of nitrogens with zero attached hydrogens (tertiary/aromatic N) is 1. The number of carbonyl (C=O) groups is 1. The van der Waals surface area contributed by atoms with Gasteiger partial charge in [0.05, 0.1) is 19.2 Å². The lowest BCUT2D eigenvalue weighted by molar-refractivity contribution is -0.133. The molecule has 0 saturated heterocycles. The van der Waals surface area contributed by atoms with Crippen LogP contribution in [0, 0.1) is 6.92 Å². The Balaban J connectivity index is 1.31. The van der Waals surface area contributed by atoms with Crippen molar-refractivity contribution in [3.8, 4) is 17.0 Å². The molecule has 2 atom stereocenters. The van der Waals surface area contributed by atoms with Crippen LogP contribution in [0.3, 0.4) is 0 Å². The number of amides is 1. The zero-order chi connectivity index (χ0) is 26.7. The maximum Gasteiger partial charge on any atom is 0.250 e. The second-order valence-corrected chi connectivity index (χ2v) is 9.25. The van der Waals surface area contributed by atoms with Crippen molar-refractivity contribution >= 4 is 5.91 Å². The van der Waals surface area contributed by atoms with E-state index in [4.69, 9.17) is 9.47 Å². The Morgan fingerprint density at radius 3 is 2.47 bits per heavy atom. The number of carbonyl (C=O) groups excluding carboxylic acids is 1. The monoisotopic (exact) mass is 512 g/mol. The van der Waals surface area contributed by atoms with E-state index in [1.165, 1.54) is 16.8 Å². The number of ether oxygens (including phenoxy) is 2. The molecule has 1 amide bonds. The van der Waals surface area contributed by atoms with Crippen LogP contribution in [0.4, 0.5) is 0 Å². The van der Waals surface area contributed by atoms with Gasteiger partial charge in [-0.25, -0.2) is 0 Å². The van der Waals surface area contributed by atoms with Gasteiger partial charge in [0.1, 0.15) is 18.5 Å². The average Bonchev–Trinajstić information content (AvgIpc) is 3.41. The van der Waals surface area contributed by atoms with Gasteiger partial charge in [-0.05, 0) is 60.9 Å². The Morgan fingerprint density at radius 2 is 1.76 bits per heavy atom. The van der Waals surface area contributed by atoms with Crippen molar-refractivity contribution in [3.63, 3.8) is 0 Å². The van der Waals surface area contributed by atoms with E-state index in [1.54, 1.807) is 0 Å². The molecule has 4 aromatic rings. The van der Waals surface area contributed by atoms with Crippen molar-refractivity contribution in [2.75, 3.05) is 19.8 Å². The quantitative estimate of drug-likeness (QED) is 0.254. The molecule has 3 aromatic carbocycles. The third-order valence-corrected chi connectivity index (χ3v) is 6.45. The number of nitrogens with one attached hydrogen (secondary N) is 1. The van der Waals surface area contributed by atoms with Gasteiger partial charge in [0.2, 0.25) is 5.91 Å². The van der Waals surface area contributed by atoms with Gasteiger partial charge in [0.15, 0.2) is 0 Å². The minimum Gasteiger partial charge on any atom is -0.492 e. The maximum atomic E-state index is 13.0. The highest BCUT2D eigenvalue weighted by atomic mass is 16.5. The van der Waals surface area contributed by atoms with E-state index in [-0.39, 0.29) is 12.5 Å². The number of benzene rings is 3. The molecular formula is C32H36N2O4. The molecule has 38 heavy (non-hydrogen) atoms. The molecule has 6 heteroatoms. The molecule has 2 N–H and O–H groups in total. The van der Waals surface area contributed by atoms with Crippen molar-refractivity contribution in [2.24, 2.45) is 0 Å². The number of aryl methyl sites for hydroxylation is 1. The second kappa shape index (κ2) is 13.6. The number of aliphatic hydroxyl groups is 1. The van der Waals surface area contributed by atoms with Gasteiger partial charge in [0.25, 0.3) is 0 Å². The summed E-state index contributed by atoms with van der Waals surface area (Å²) in [5, 5.41) is 12.7. The highest BCUT2D eigenvalue weighted by molar-refractivity contribution is 5.81. The Morgan fingerprint density at radius 1 is 0.974 bits per heavy atom. The first-order valence-electron chi connectivity index (χ1n) is 13.1. The lowest BCUT2D eigenvalue weighted by Crippen LogP contribution is -2.41. The lowest BCUT2D eigenvalue weighted by atomic mass is 10.0. The minimum atomic E-state index is -0.654. The van der Waals surface area contributed by atoms with E-state index in [9.17, 15) is 9.90 Å². The Kier molecular flexibility index (Phi) is 9.73. The van der Waals surface area contributed by atoms with Crippen LogP contribution >= 0.6 is 0 Å². The fourth-order valence-corrected chi connectivity index (χ4v) is 4.49. The molecule has 0 aliphatic rings. The first-order chi connectivity index (χ1) is 18.6. The predicted octanol–water partition coefficient (Wildman–Crippen LogP) is 5.34. The van der Waals surface area contributed by atoms with Gasteiger partial charge in [0, 0.05) is 24.9 Å². The molecule has 0 bridgehead atoms. The summed E-state index contributed by atoms with van der Waals surface area (Å²) in [7, 11) is 0. The predicted molar refractivity (Wildman–Crippen MR) is 150 cm³/mol. The van der Waals surface area contributed by atoms with E-state index >= 15 is 0 Å². The number of aliphatic hydroxyl groups excluding tert-OH is 1. The normalized spacial score (nSPS) is 12.6. The number of hydrogen-bond acceptors (Lipinski definition) is 4. The van der Waals surface area contributed by atoms with E-state index < -0.39 is 12.1 Å². The summed E-state index contributed by atoms with van der Waals surface area (Å²) in [6.45, 7) is 5.47. The highest BCUT2D eigenvalue weighted by Crippen LogP contribution is 2.22. The average molecular weight is 513 g/mol. The van der Waals surface area contributed by atoms with Gasteiger partial charge >= 0.3 is 0 Å². The summed E-state index contributed by atoms with van der Waals surface area (Å²) in [6, 6.07) is 29.4. The van der Waals surface area contributed by atoms with Crippen molar-refractivity contribution < 1.29 is 19.4 Å². The molecule has 0 aliphatic heterocycles. The van der Waals surface area contributed by atoms with Crippen LogP contribution < -0.4 is 10.1 Å². The molecule has 0 spiro atoms. The minimum absolute atomic E-state index is 0.184. The fraction of sp³-hybridized carbons (Fsp3) is 0.281. The third kappa shape index (κ3) is 7.34. The first-order valence-corrected chi connectivity index (χ1v) is 13.1. The molecule has 0 aliphatic carbocycles. The molecule has 1 heterocycles. The summed E-state index contributed by atoms with van der Waals surface area (Å²) < 4.78 is 14.0. The molecule has 0 saturated carbocycles. The van der Waals surface area contributed by atoms with E-state index in [0.717, 1.165) is 23.4 Å². The van der Waals surface area contributed by atoms with E-state index in [2.05, 4.69) is 59.4 Å². The van der Waals surface area contributed by atoms with Crippen LogP contribution in [0.25, 0.3) is 11.3 Å². The van der Waals surface area contributed by atoms with Gasteiger partial charge < -0.3 is 24.5 Å². The Labute approximate surface area is 224 Å². The largest absolute Gasteiger partial charge is 0.492 e. The van der Waals surface area contributed by atoms with Crippen LogP contribution in [0.15, 0.2) is 97.2 Å². The van der Waals surface area contributed by atoms with Crippen molar-refractivity contribution in [1.29, 1.82) is 0 Å². The van der Waals surface area contributed by atoms with Gasteiger partial charge in [-0.3, -0.25) is 4.79 Å². The van der Waals surface area contributed by atoms with Crippen molar-refractivity contribution in [3.05, 3.63) is 114 Å². The van der Waals surface area contributed by atoms with Gasteiger partial charge in [-0.15, -0.1) is 0 Å². The van der Waals surface area contributed by atoms with Crippen LogP contribution in [0.5, 0.6) is 5.75 Å². The summed E-state index contributed by atoms with van der Waals surface area (Å²) in [4.78, 5) is 13.0. The lowest BCUT2D eigenvalue weighted by Gasteiger charge is -2.22. The highest BCUT2D eigenvalue weighted by Gasteiger charge is 2.23. The summed E-state index contributed by atoms with van der Waals surface area (Å²) in [5.74, 6) is 0.533. The maximum absolute atomic E-state index is 13.0. The number of rotatable bonds is 13. The zero-order valence-electron chi connectivity index (χ0n) is 22.0. The summed E-state index contributed by atoms with van der Waals surface area (Å²) in [6.07, 6.45) is 1.84. The SMILES string of the molecule is CCOC(Cc1ccc(OCCn2cccc2-c2cccc(C)c2)cc1)C(=O)NC(CO)c1ccccc1. The topological polar surface area (TPSA) is 72.7 Å². The van der Waals surface area contributed by atoms with Gasteiger partial charge in [-0.2, -0.15) is 0 Å². The molecule has 1 aromatic heterocycles. The Bertz CT molecular complexity index is 1280. The summed E-state index contributed by atoms with van der Waals surface area (Å²) >= 11 is 0. The second-order valence-electron chi connectivity index (χ2n) is 9.25. The zero-order valence-corrected chi connectivity index (χ0v) is 22.0. The fourth-order valence-electron chi connectivity index (χ4n) is 4.49. The van der Waals surface area contributed by atoms with Crippen LogP contribution in [0.1, 0.15) is 29.7 Å². The molecule has 6 nitrogen and oxygen atoms in total. The third-order valence-electron chi connectivity index (χ3n) is 6.45. The molecule has 4 rings (SSSR count).